The summed E-state index contributed by atoms with van der Waals surface area (Å²) in [4.78, 5) is 16.3. The van der Waals surface area contributed by atoms with Gasteiger partial charge in [-0.05, 0) is 55.0 Å². The van der Waals surface area contributed by atoms with Crippen molar-refractivity contribution in [3.05, 3.63) is 88.3 Å². The van der Waals surface area contributed by atoms with Gasteiger partial charge in [-0.15, -0.1) is 0 Å². The van der Waals surface area contributed by atoms with Crippen LogP contribution in [0.15, 0.2) is 65.1 Å². The molecule has 0 spiro atoms. The van der Waals surface area contributed by atoms with Crippen molar-refractivity contribution < 1.29 is 14.3 Å². The van der Waals surface area contributed by atoms with Gasteiger partial charge in [0.15, 0.2) is 0 Å². The van der Waals surface area contributed by atoms with Crippen LogP contribution in [0, 0.1) is 6.92 Å². The van der Waals surface area contributed by atoms with Gasteiger partial charge < -0.3 is 9.52 Å². The maximum Gasteiger partial charge on any atom is 0.336 e. The van der Waals surface area contributed by atoms with Crippen LogP contribution in [0.25, 0.3) is 34.4 Å². The quantitative estimate of drug-likeness (QED) is 0.443. The van der Waals surface area contributed by atoms with Gasteiger partial charge in [-0.2, -0.15) is 0 Å². The van der Waals surface area contributed by atoms with Gasteiger partial charge in [0.1, 0.15) is 11.5 Å². The molecular formula is C23H16ClNO3. The summed E-state index contributed by atoms with van der Waals surface area (Å²) in [5.41, 5.74) is 3.20. The van der Waals surface area contributed by atoms with Crippen molar-refractivity contribution in [1.82, 2.24) is 4.98 Å². The number of carboxylic acids is 1. The Balaban J connectivity index is 1.71. The molecule has 0 unspecified atom stereocenters. The first kappa shape index (κ1) is 18.0. The highest BCUT2D eigenvalue weighted by Gasteiger charge is 2.12. The summed E-state index contributed by atoms with van der Waals surface area (Å²) in [6.45, 7) is 1.91. The minimum Gasteiger partial charge on any atom is -0.478 e. The van der Waals surface area contributed by atoms with Crippen molar-refractivity contribution in [1.29, 1.82) is 0 Å². The van der Waals surface area contributed by atoms with Gasteiger partial charge in [0.25, 0.3) is 0 Å². The fraction of sp³-hybridized carbons (Fsp3) is 0.0435. The molecule has 0 aliphatic heterocycles. The molecule has 4 aromatic rings. The molecule has 0 saturated carbocycles. The second-order valence-electron chi connectivity index (χ2n) is 6.39. The molecule has 4 nitrogen and oxygen atoms in total. The zero-order valence-electron chi connectivity index (χ0n) is 15.0. The predicted molar refractivity (Wildman–Crippen MR) is 112 cm³/mol. The number of carbonyl (C=O) groups is 1. The van der Waals surface area contributed by atoms with Crippen LogP contribution in [-0.2, 0) is 0 Å². The van der Waals surface area contributed by atoms with Crippen LogP contribution in [0.4, 0.5) is 0 Å². The van der Waals surface area contributed by atoms with Gasteiger partial charge in [-0.3, -0.25) is 0 Å². The normalized spacial score (nSPS) is 11.4. The number of carboxylic acid groups (broad SMARTS) is 1. The zero-order valence-corrected chi connectivity index (χ0v) is 15.8. The van der Waals surface area contributed by atoms with Crippen molar-refractivity contribution in [3.8, 4) is 11.3 Å². The first-order valence-electron chi connectivity index (χ1n) is 8.69. The number of halogens is 1. The number of furan rings is 1. The van der Waals surface area contributed by atoms with Gasteiger partial charge in [0, 0.05) is 10.9 Å². The lowest BCUT2D eigenvalue weighted by atomic mass is 10.0. The molecule has 0 aliphatic carbocycles. The zero-order chi connectivity index (χ0) is 19.7. The Labute approximate surface area is 166 Å². The molecule has 0 atom stereocenters. The van der Waals surface area contributed by atoms with Gasteiger partial charge in [-0.25, -0.2) is 9.78 Å². The number of pyridine rings is 1. The van der Waals surface area contributed by atoms with E-state index >= 15 is 0 Å². The van der Waals surface area contributed by atoms with E-state index in [1.54, 1.807) is 24.3 Å². The summed E-state index contributed by atoms with van der Waals surface area (Å²) in [6, 6.07) is 18.2. The summed E-state index contributed by atoms with van der Waals surface area (Å²) in [6.07, 6.45) is 3.51. The van der Waals surface area contributed by atoms with Gasteiger partial charge in [-0.1, -0.05) is 41.9 Å². The topological polar surface area (TPSA) is 63.3 Å². The second-order valence-corrected chi connectivity index (χ2v) is 6.79. The van der Waals surface area contributed by atoms with Crippen LogP contribution in [0.2, 0.25) is 5.02 Å². The highest BCUT2D eigenvalue weighted by atomic mass is 35.5. The Hall–Kier alpha value is -3.37. The summed E-state index contributed by atoms with van der Waals surface area (Å²) in [5.74, 6) is 0.309. The van der Waals surface area contributed by atoms with E-state index in [1.165, 1.54) is 0 Å². The van der Waals surface area contributed by atoms with E-state index in [1.807, 2.05) is 55.5 Å². The number of aromatic nitrogens is 1. The third kappa shape index (κ3) is 3.42. The number of fused-ring (bicyclic) bond motifs is 1. The molecule has 5 heteroatoms. The lowest BCUT2D eigenvalue weighted by Gasteiger charge is -2.06. The molecule has 0 aliphatic rings. The van der Waals surface area contributed by atoms with E-state index in [4.69, 9.17) is 16.0 Å². The minimum atomic E-state index is -0.980. The largest absolute Gasteiger partial charge is 0.478 e. The average Bonchev–Trinajstić information content (AvgIpc) is 3.15. The van der Waals surface area contributed by atoms with E-state index in [9.17, 15) is 9.90 Å². The van der Waals surface area contributed by atoms with E-state index in [0.29, 0.717) is 33.1 Å². The van der Waals surface area contributed by atoms with Crippen LogP contribution in [0.3, 0.4) is 0 Å². The lowest BCUT2D eigenvalue weighted by Crippen LogP contribution is -2.01. The number of aryl methyl sites for hydroxylation is 1. The standard InChI is InChI=1S/C23H16ClNO3/c1-14-5-4-7-17-19(23(26)27)13-15(25-22(14)17)9-10-16-11-12-21(28-16)18-6-2-3-8-20(18)24/h2-13H,1H3,(H,26,27). The van der Waals surface area contributed by atoms with Crippen LogP contribution in [0.1, 0.15) is 27.4 Å². The van der Waals surface area contributed by atoms with Crippen LogP contribution in [0.5, 0.6) is 0 Å². The van der Waals surface area contributed by atoms with E-state index in [-0.39, 0.29) is 5.56 Å². The molecule has 0 saturated heterocycles. The minimum absolute atomic E-state index is 0.226. The van der Waals surface area contributed by atoms with Crippen molar-refractivity contribution >= 4 is 40.6 Å². The Morgan fingerprint density at radius 3 is 2.68 bits per heavy atom. The number of para-hydroxylation sites is 1. The third-order valence-electron chi connectivity index (χ3n) is 4.48. The van der Waals surface area contributed by atoms with Gasteiger partial charge >= 0.3 is 5.97 Å². The predicted octanol–water partition coefficient (Wildman–Crippen LogP) is 6.33. The third-order valence-corrected chi connectivity index (χ3v) is 4.81. The fourth-order valence-corrected chi connectivity index (χ4v) is 3.32. The number of aromatic carboxylic acids is 1. The van der Waals surface area contributed by atoms with Crippen molar-refractivity contribution in [2.75, 3.05) is 0 Å². The Morgan fingerprint density at radius 2 is 1.89 bits per heavy atom. The maximum absolute atomic E-state index is 11.7. The van der Waals surface area contributed by atoms with E-state index in [2.05, 4.69) is 4.98 Å². The van der Waals surface area contributed by atoms with Crippen molar-refractivity contribution in [3.63, 3.8) is 0 Å². The molecule has 0 fully saturated rings. The van der Waals surface area contributed by atoms with E-state index < -0.39 is 5.97 Å². The molecule has 138 valence electrons. The Kier molecular flexibility index (Phi) is 4.72. The summed E-state index contributed by atoms with van der Waals surface area (Å²) in [7, 11) is 0. The molecule has 28 heavy (non-hydrogen) atoms. The van der Waals surface area contributed by atoms with Crippen molar-refractivity contribution in [2.45, 2.75) is 6.92 Å². The second kappa shape index (κ2) is 7.33. The summed E-state index contributed by atoms with van der Waals surface area (Å²) < 4.78 is 5.85. The monoisotopic (exact) mass is 389 g/mol. The first-order chi connectivity index (χ1) is 13.5. The molecule has 2 aromatic heterocycles. The van der Waals surface area contributed by atoms with Crippen LogP contribution >= 0.6 is 11.6 Å². The molecule has 2 heterocycles. The molecular weight excluding hydrogens is 374 g/mol. The molecule has 2 aromatic carbocycles. The van der Waals surface area contributed by atoms with Crippen LogP contribution < -0.4 is 0 Å². The maximum atomic E-state index is 11.7. The van der Waals surface area contributed by atoms with Gasteiger partial charge in [0.2, 0.25) is 0 Å². The van der Waals surface area contributed by atoms with Crippen LogP contribution in [-0.4, -0.2) is 16.1 Å². The Bertz CT molecular complexity index is 1220. The Morgan fingerprint density at radius 1 is 1.07 bits per heavy atom. The number of benzene rings is 2. The number of nitrogens with zero attached hydrogens (tertiary/aromatic N) is 1. The SMILES string of the molecule is Cc1cccc2c(C(=O)O)cc(C=Cc3ccc(-c4ccccc4Cl)o3)nc12. The van der Waals surface area contributed by atoms with Gasteiger partial charge in [0.05, 0.1) is 21.8 Å². The molecule has 0 radical (unpaired) electrons. The molecule has 1 N–H and O–H groups in total. The summed E-state index contributed by atoms with van der Waals surface area (Å²) in [5, 5.41) is 10.8. The van der Waals surface area contributed by atoms with E-state index in [0.717, 1.165) is 11.1 Å². The first-order valence-corrected chi connectivity index (χ1v) is 9.07. The summed E-state index contributed by atoms with van der Waals surface area (Å²) >= 11 is 6.21. The number of rotatable bonds is 4. The number of hydrogen-bond acceptors (Lipinski definition) is 3. The highest BCUT2D eigenvalue weighted by Crippen LogP contribution is 2.29. The number of hydrogen-bond donors (Lipinski definition) is 1. The lowest BCUT2D eigenvalue weighted by molar-refractivity contribution is 0.0699. The highest BCUT2D eigenvalue weighted by molar-refractivity contribution is 6.33. The molecule has 4 rings (SSSR count). The molecule has 0 bridgehead atoms. The smallest absolute Gasteiger partial charge is 0.336 e. The molecule has 0 amide bonds. The fourth-order valence-electron chi connectivity index (χ4n) is 3.09. The average molecular weight is 390 g/mol. The van der Waals surface area contributed by atoms with Crippen molar-refractivity contribution in [2.24, 2.45) is 0 Å².